The van der Waals surface area contributed by atoms with Gasteiger partial charge in [0.15, 0.2) is 0 Å². The molecule has 6 aromatic carbocycles. The van der Waals surface area contributed by atoms with Crippen LogP contribution in [-0.4, -0.2) is 10.2 Å². The molecule has 2 atom stereocenters. The zero-order chi connectivity index (χ0) is 32.5. The number of hydrogen-bond donors (Lipinski definition) is 2. The van der Waals surface area contributed by atoms with Crippen LogP contribution < -0.4 is 0 Å². The maximum absolute atomic E-state index is 13.3. The number of benzene rings is 6. The van der Waals surface area contributed by atoms with Gasteiger partial charge in [-0.2, -0.15) is 0 Å². The summed E-state index contributed by atoms with van der Waals surface area (Å²) < 4.78 is 0.843. The maximum atomic E-state index is 13.3. The SMILES string of the molecule is CC1(C)c2ccccc2-c2ccc(C3(O)c4ccccc4C(O)(c4ccc5c(c4)C(C)(C)c4ccccc4-5)c4cc(Br)ccc43)cc21. The van der Waals surface area contributed by atoms with Crippen LogP contribution in [0.4, 0.5) is 0 Å². The van der Waals surface area contributed by atoms with E-state index in [0.29, 0.717) is 22.3 Å². The van der Waals surface area contributed by atoms with E-state index < -0.39 is 11.2 Å². The summed E-state index contributed by atoms with van der Waals surface area (Å²) >= 11 is 3.72. The van der Waals surface area contributed by atoms with Gasteiger partial charge < -0.3 is 10.2 Å². The molecular formula is C44H35BrO2. The Balaban J connectivity index is 1.29. The summed E-state index contributed by atoms with van der Waals surface area (Å²) in [5, 5.41) is 26.6. The first-order valence-corrected chi connectivity index (χ1v) is 17.1. The Hall–Kier alpha value is -4.28. The van der Waals surface area contributed by atoms with E-state index in [1.165, 1.54) is 44.5 Å². The first kappa shape index (κ1) is 28.9. The number of hydrogen-bond acceptors (Lipinski definition) is 2. The summed E-state index contributed by atoms with van der Waals surface area (Å²) in [5.74, 6) is 0. The first-order valence-electron chi connectivity index (χ1n) is 16.3. The smallest absolute Gasteiger partial charge is 0.141 e. The maximum Gasteiger partial charge on any atom is 0.141 e. The molecule has 0 bridgehead atoms. The zero-order valence-electron chi connectivity index (χ0n) is 26.9. The minimum absolute atomic E-state index is 0.218. The Bertz CT molecular complexity index is 2310. The molecule has 0 fully saturated rings. The highest BCUT2D eigenvalue weighted by Crippen LogP contribution is 2.57. The summed E-state index contributed by atoms with van der Waals surface area (Å²) in [6.45, 7) is 9.05. The summed E-state index contributed by atoms with van der Waals surface area (Å²) in [5.41, 5.74) is 10.7. The Labute approximate surface area is 284 Å². The molecule has 3 heteroatoms. The average molecular weight is 676 g/mol. The second kappa shape index (κ2) is 9.41. The van der Waals surface area contributed by atoms with Crippen molar-refractivity contribution in [3.8, 4) is 22.3 Å². The van der Waals surface area contributed by atoms with Crippen LogP contribution in [0.5, 0.6) is 0 Å². The van der Waals surface area contributed by atoms with E-state index in [0.717, 1.165) is 15.6 Å². The number of halogens is 1. The van der Waals surface area contributed by atoms with E-state index in [1.54, 1.807) is 0 Å². The average Bonchev–Trinajstić information content (AvgIpc) is 3.46. The fourth-order valence-corrected chi connectivity index (χ4v) is 9.38. The molecule has 3 aliphatic rings. The highest BCUT2D eigenvalue weighted by Gasteiger charge is 2.52. The Morgan fingerprint density at radius 1 is 0.383 bits per heavy atom. The molecule has 2 nitrogen and oxygen atoms in total. The van der Waals surface area contributed by atoms with Gasteiger partial charge in [0.2, 0.25) is 0 Å². The molecule has 3 aliphatic carbocycles. The second-order valence-corrected chi connectivity index (χ2v) is 15.4. The Morgan fingerprint density at radius 3 is 1.26 bits per heavy atom. The fourth-order valence-electron chi connectivity index (χ4n) is 9.02. The minimum Gasteiger partial charge on any atom is -0.376 e. The predicted octanol–water partition coefficient (Wildman–Crippen LogP) is 9.94. The van der Waals surface area contributed by atoms with Crippen LogP contribution in [0, 0.1) is 0 Å². The monoisotopic (exact) mass is 674 g/mol. The standard InChI is InChI=1S/C44H35BrO2/c1-41(2)33-13-7-5-11-29(33)31-20-17-26(23-38(31)41)43(46)35-15-9-10-16-36(35)44(47,40-25-28(45)19-22-37(40)43)27-18-21-32-30-12-6-8-14-34(30)42(3,4)39(32)24-27/h5-25,46-47H,1-4H3. The van der Waals surface area contributed by atoms with Crippen molar-refractivity contribution in [2.45, 2.75) is 49.7 Å². The van der Waals surface area contributed by atoms with Crippen LogP contribution in [0.3, 0.4) is 0 Å². The third kappa shape index (κ3) is 3.57. The van der Waals surface area contributed by atoms with Crippen LogP contribution in [-0.2, 0) is 22.0 Å². The molecule has 0 amide bonds. The van der Waals surface area contributed by atoms with Gasteiger partial charge in [-0.05, 0) is 84.5 Å². The Morgan fingerprint density at radius 2 is 0.766 bits per heavy atom. The molecule has 0 saturated carbocycles. The van der Waals surface area contributed by atoms with Gasteiger partial charge in [0.25, 0.3) is 0 Å². The van der Waals surface area contributed by atoms with E-state index >= 15 is 0 Å². The van der Waals surface area contributed by atoms with Crippen LogP contribution >= 0.6 is 15.9 Å². The molecule has 2 unspecified atom stereocenters. The van der Waals surface area contributed by atoms with Gasteiger partial charge in [0.05, 0.1) is 0 Å². The highest BCUT2D eigenvalue weighted by molar-refractivity contribution is 9.10. The quantitative estimate of drug-likeness (QED) is 0.192. The van der Waals surface area contributed by atoms with Gasteiger partial charge in [-0.15, -0.1) is 0 Å². The second-order valence-electron chi connectivity index (χ2n) is 14.5. The van der Waals surface area contributed by atoms with Crippen molar-refractivity contribution < 1.29 is 10.2 Å². The molecule has 0 saturated heterocycles. The number of rotatable bonds is 2. The van der Waals surface area contributed by atoms with Crippen molar-refractivity contribution in [3.63, 3.8) is 0 Å². The van der Waals surface area contributed by atoms with Crippen molar-refractivity contribution >= 4 is 15.9 Å². The molecule has 0 radical (unpaired) electrons. The van der Waals surface area contributed by atoms with Gasteiger partial charge in [0, 0.05) is 20.9 Å². The summed E-state index contributed by atoms with van der Waals surface area (Å²) in [6, 6.07) is 43.8. The van der Waals surface area contributed by atoms with Crippen LogP contribution in [0.25, 0.3) is 22.3 Å². The van der Waals surface area contributed by atoms with Crippen molar-refractivity contribution in [2.24, 2.45) is 0 Å². The summed E-state index contributed by atoms with van der Waals surface area (Å²) in [7, 11) is 0. The highest BCUT2D eigenvalue weighted by atomic mass is 79.9. The van der Waals surface area contributed by atoms with Gasteiger partial charge in [0.1, 0.15) is 11.2 Å². The van der Waals surface area contributed by atoms with Gasteiger partial charge in [-0.1, -0.05) is 159 Å². The lowest BCUT2D eigenvalue weighted by atomic mass is 9.63. The zero-order valence-corrected chi connectivity index (χ0v) is 28.5. The van der Waals surface area contributed by atoms with Crippen molar-refractivity contribution in [1.29, 1.82) is 0 Å². The normalized spacial score (nSPS) is 22.0. The first-order chi connectivity index (χ1) is 22.5. The molecule has 2 N–H and O–H groups in total. The largest absolute Gasteiger partial charge is 0.376 e. The molecular weight excluding hydrogens is 640 g/mol. The van der Waals surface area contributed by atoms with E-state index in [4.69, 9.17) is 0 Å². The van der Waals surface area contributed by atoms with E-state index in [-0.39, 0.29) is 10.8 Å². The van der Waals surface area contributed by atoms with E-state index in [9.17, 15) is 10.2 Å². The van der Waals surface area contributed by atoms with Crippen molar-refractivity contribution in [1.82, 2.24) is 0 Å². The lowest BCUT2D eigenvalue weighted by Crippen LogP contribution is -2.44. The van der Waals surface area contributed by atoms with E-state index in [1.807, 2.05) is 42.5 Å². The van der Waals surface area contributed by atoms with Crippen molar-refractivity contribution in [3.05, 3.63) is 188 Å². The number of fused-ring (bicyclic) bond motifs is 8. The Kier molecular flexibility index (Phi) is 5.79. The van der Waals surface area contributed by atoms with Crippen LogP contribution in [0.2, 0.25) is 0 Å². The van der Waals surface area contributed by atoms with Crippen LogP contribution in [0.15, 0.2) is 132 Å². The molecule has 0 aliphatic heterocycles. The van der Waals surface area contributed by atoms with Crippen molar-refractivity contribution in [2.75, 3.05) is 0 Å². The minimum atomic E-state index is -1.51. The third-order valence-corrected chi connectivity index (χ3v) is 12.0. The van der Waals surface area contributed by atoms with E-state index in [2.05, 4.69) is 129 Å². The van der Waals surface area contributed by atoms with Crippen LogP contribution in [0.1, 0.15) is 83.3 Å². The van der Waals surface area contributed by atoms with Gasteiger partial charge >= 0.3 is 0 Å². The summed E-state index contributed by atoms with van der Waals surface area (Å²) in [6.07, 6.45) is 0. The molecule has 6 aromatic rings. The lowest BCUT2D eigenvalue weighted by Gasteiger charge is -2.45. The molecule has 0 aromatic heterocycles. The predicted molar refractivity (Wildman–Crippen MR) is 193 cm³/mol. The van der Waals surface area contributed by atoms with Gasteiger partial charge in [-0.3, -0.25) is 0 Å². The molecule has 230 valence electrons. The molecule has 0 heterocycles. The lowest BCUT2D eigenvalue weighted by molar-refractivity contribution is 0.0746. The fraction of sp³-hybridized carbons (Fsp3) is 0.182. The number of aliphatic hydroxyl groups is 2. The molecule has 47 heavy (non-hydrogen) atoms. The summed E-state index contributed by atoms with van der Waals surface area (Å²) in [4.78, 5) is 0. The molecule has 9 rings (SSSR count). The third-order valence-electron chi connectivity index (χ3n) is 11.5. The van der Waals surface area contributed by atoms with Gasteiger partial charge in [-0.25, -0.2) is 0 Å². The topological polar surface area (TPSA) is 40.5 Å². The molecule has 0 spiro atoms.